The predicted octanol–water partition coefficient (Wildman–Crippen LogP) is 3.69. The number of aryl methyl sites for hydroxylation is 1. The topological polar surface area (TPSA) is 342 Å². The number of aromatic amines is 1. The molecule has 8 N–H and O–H groups in total. The second kappa shape index (κ2) is 23.9. The zero-order chi connectivity index (χ0) is 51.2. The number of hydrogen-bond donors (Lipinski definition) is 8. The zero-order valence-corrected chi connectivity index (χ0v) is 44.4. The summed E-state index contributed by atoms with van der Waals surface area (Å²) in [5.41, 5.74) is 1.57. The molecule has 0 bridgehead atoms. The summed E-state index contributed by atoms with van der Waals surface area (Å²) in [6, 6.07) is 4.08. The number of nitrogens with one attached hydrogen (secondary N) is 2. The third-order valence-electron chi connectivity index (χ3n) is 11.8. The molecular weight excluding hydrogens is 1000 g/mol. The van der Waals surface area contributed by atoms with Gasteiger partial charge in [-0.3, -0.25) is 28.5 Å². The van der Waals surface area contributed by atoms with Gasteiger partial charge >= 0.3 is 40.9 Å². The van der Waals surface area contributed by atoms with E-state index in [1.807, 2.05) is 42.8 Å². The van der Waals surface area contributed by atoms with Gasteiger partial charge in [0.25, 0.3) is 5.56 Å². The number of pyridine rings is 1. The molecule has 0 spiro atoms. The molecule has 6 heterocycles. The van der Waals surface area contributed by atoms with E-state index in [-0.39, 0.29) is 77.7 Å². The summed E-state index contributed by atoms with van der Waals surface area (Å²) in [4.78, 5) is 99.6. The van der Waals surface area contributed by atoms with E-state index in [0.29, 0.717) is 32.4 Å². The molecule has 4 aliphatic rings. The number of aliphatic imine (C=N–C) groups is 2. The van der Waals surface area contributed by atoms with Crippen molar-refractivity contribution < 1.29 is 75.5 Å². The maximum atomic E-state index is 12.7. The van der Waals surface area contributed by atoms with Gasteiger partial charge in [-0.2, -0.15) is 8.62 Å². The van der Waals surface area contributed by atoms with Crippen LogP contribution >= 0.6 is 23.5 Å². The summed E-state index contributed by atoms with van der Waals surface area (Å²) >= 11 is 0. The van der Waals surface area contributed by atoms with Crippen LogP contribution in [0.5, 0.6) is 0 Å². The number of unbranched alkanes of at least 4 members (excludes halogenated alkanes) is 2. The van der Waals surface area contributed by atoms with Crippen LogP contribution in [0.1, 0.15) is 90.0 Å². The van der Waals surface area contributed by atoms with Gasteiger partial charge in [0.15, 0.2) is 5.71 Å². The van der Waals surface area contributed by atoms with Gasteiger partial charge in [-0.05, 0) is 74.9 Å². The van der Waals surface area contributed by atoms with Crippen molar-refractivity contribution in [3.05, 3.63) is 110 Å². The van der Waals surface area contributed by atoms with Crippen LogP contribution in [0.25, 0.3) is 6.08 Å². The molecule has 5 atom stereocenters. The number of phosphoric ester groups is 1. The molecule has 381 valence electrons. The monoisotopic (exact) mass is 1060 g/mol. The maximum Gasteiger partial charge on any atom is 0.490 e. The van der Waals surface area contributed by atoms with E-state index in [1.165, 1.54) is 12.2 Å². The minimum absolute atomic E-state index is 0. The fraction of sp³-hybridized carbons (Fsp3) is 0.465. The third kappa shape index (κ3) is 15.3. The molecule has 71 heavy (non-hydrogen) atoms. The molecule has 1 saturated heterocycles. The molecule has 1 fully saturated rings. The van der Waals surface area contributed by atoms with Crippen LogP contribution in [0.3, 0.4) is 0 Å². The number of phosphoric acid groups is 3. The molecule has 24 nitrogen and oxygen atoms in total. The van der Waals surface area contributed by atoms with E-state index in [2.05, 4.69) is 72.8 Å². The van der Waals surface area contributed by atoms with Crippen molar-refractivity contribution in [2.24, 2.45) is 15.4 Å². The number of ether oxygens (including phenoxy) is 1. The van der Waals surface area contributed by atoms with Gasteiger partial charge < -0.3 is 44.7 Å². The van der Waals surface area contributed by atoms with Gasteiger partial charge in [-0.25, -0.2) is 28.0 Å². The quantitative estimate of drug-likeness (QED) is 0.0340. The second-order valence-corrected chi connectivity index (χ2v) is 22.2. The molecule has 4 aliphatic heterocycles. The predicted molar refractivity (Wildman–Crippen MR) is 258 cm³/mol. The Morgan fingerprint density at radius 1 is 1.00 bits per heavy atom. The van der Waals surface area contributed by atoms with E-state index in [1.54, 1.807) is 0 Å². The van der Waals surface area contributed by atoms with Gasteiger partial charge in [-0.1, -0.05) is 38.2 Å². The van der Waals surface area contributed by atoms with Crippen LogP contribution in [-0.4, -0.2) is 129 Å². The Kier molecular flexibility index (Phi) is 19.4. The molecule has 0 aliphatic carbocycles. The second-order valence-electron chi connectivity index (χ2n) is 17.7. The molecule has 2 aromatic rings. The van der Waals surface area contributed by atoms with Crippen LogP contribution < -0.4 is 21.1 Å². The number of rotatable bonds is 23. The largest absolute Gasteiger partial charge is 0.490 e. The molecule has 3 unspecified atom stereocenters. The maximum absolute atomic E-state index is 12.7. The number of amidine groups is 1. The number of fused-ring (bicyclic) bond motifs is 2. The Balaban J connectivity index is 0.00000937. The Bertz CT molecular complexity index is 2850. The van der Waals surface area contributed by atoms with Gasteiger partial charge in [0.2, 0.25) is 5.91 Å². The summed E-state index contributed by atoms with van der Waals surface area (Å²) in [6.45, 7) is 8.92. The first kappa shape index (κ1) is 57.8. The van der Waals surface area contributed by atoms with Crippen LogP contribution in [0.15, 0.2) is 98.0 Å². The van der Waals surface area contributed by atoms with Crippen molar-refractivity contribution in [2.75, 3.05) is 19.7 Å². The number of carboxylic acids is 1. The number of amides is 1. The molecule has 0 aromatic carbocycles. The summed E-state index contributed by atoms with van der Waals surface area (Å²) in [5.74, 6) is 0.700. The summed E-state index contributed by atoms with van der Waals surface area (Å²) in [6.07, 6.45) is 16.6. The van der Waals surface area contributed by atoms with Crippen LogP contribution in [0.2, 0.25) is 0 Å². The normalized spacial score (nSPS) is 22.4. The number of carboxylic acid groups (broad SMARTS) is 1. The minimum atomic E-state index is -5.78. The van der Waals surface area contributed by atoms with Crippen molar-refractivity contribution in [3.63, 3.8) is 0 Å². The van der Waals surface area contributed by atoms with E-state index in [0.717, 1.165) is 51.4 Å². The van der Waals surface area contributed by atoms with E-state index < -0.39 is 65.7 Å². The summed E-state index contributed by atoms with van der Waals surface area (Å²) < 4.78 is 54.9. The smallest absolute Gasteiger partial charge is 0.481 e. The van der Waals surface area contributed by atoms with Crippen molar-refractivity contribution in [3.8, 4) is 0 Å². The van der Waals surface area contributed by atoms with Crippen molar-refractivity contribution in [1.29, 1.82) is 0 Å². The Morgan fingerprint density at radius 3 is 2.45 bits per heavy atom. The SMILES string of the molecule is CC1(C)C2=CC=CN(CCCCC(=O)NC/C=C\c3cn(C4C[C@H](O)[C@@H](COP(=O)(O)OP(=O)(O)OP(=O)(O)O)O4)c(=O)[nH]c3=O)C2=N/C1=C\C=C\C1=Nc2c(ccc[n+]2CCCCC(=O)O)C1(C)C.[Na]. The minimum Gasteiger partial charge on any atom is -0.481 e. The van der Waals surface area contributed by atoms with Gasteiger partial charge in [0.1, 0.15) is 18.2 Å². The number of aliphatic carboxylic acids is 1. The number of allylic oxidation sites excluding steroid dienone is 6. The van der Waals surface area contributed by atoms with Crippen LogP contribution in [-0.2, 0) is 53.1 Å². The van der Waals surface area contributed by atoms with Gasteiger partial charge in [-0.15, -0.1) is 0 Å². The molecule has 1 radical (unpaired) electrons. The average Bonchev–Trinajstić information content (AvgIpc) is 3.84. The molecule has 28 heteroatoms. The van der Waals surface area contributed by atoms with E-state index >= 15 is 0 Å². The molecular formula is C43H57N7NaO17P3+. The van der Waals surface area contributed by atoms with Crippen molar-refractivity contribution >= 4 is 88.3 Å². The van der Waals surface area contributed by atoms with E-state index in [9.17, 15) is 47.8 Å². The number of hydrogen-bond acceptors (Lipinski definition) is 15. The molecule has 1 amide bonds. The molecule has 2 aromatic heterocycles. The summed E-state index contributed by atoms with van der Waals surface area (Å²) in [7, 11) is -16.9. The zero-order valence-electron chi connectivity index (χ0n) is 39.7. The number of carbonyl (C=O) groups excluding carboxylic acids is 1. The first-order valence-electron chi connectivity index (χ1n) is 22.1. The Labute approximate surface area is 430 Å². The third-order valence-corrected chi connectivity index (χ3v) is 15.6. The van der Waals surface area contributed by atoms with Crippen LogP contribution in [0.4, 0.5) is 5.82 Å². The number of carbonyl (C=O) groups is 2. The standard InChI is InChI=1S/C43H56N7O17P3.Na/c1-42(2)29-14-11-23-48(38(29)45-33(42)16-9-17-34-43(3,4)30-15-12-24-49(39(30)46-34)22-8-6-19-37(53)54)21-7-5-18-35(52)44-20-10-13-28-26-50(41(56)47-40(28)55)36-25-31(51)32(65-36)27-64-69(60,61)67-70(62,63)66-68(57,58)59;/h9-17,23-24,26,31-32,36,51H,5-8,18-22,25,27H2,1-4H3,(H6-,44,47,52,53,54,55,56,57,58,59,60,61,62,63);/p+1/b13-10-;/t31-,32+,36?;/m0./s1. The van der Waals surface area contributed by atoms with Crippen LogP contribution in [0, 0.1) is 5.41 Å². The number of nitrogens with zero attached hydrogens (tertiary/aromatic N) is 5. The number of aliphatic hydroxyl groups excluding tert-OH is 1. The van der Waals surface area contributed by atoms with E-state index in [4.69, 9.17) is 29.6 Å². The number of H-pyrrole nitrogens is 1. The first-order chi connectivity index (χ1) is 32.8. The average molecular weight is 1060 g/mol. The fourth-order valence-corrected chi connectivity index (χ4v) is 11.1. The van der Waals surface area contributed by atoms with Crippen molar-refractivity contribution in [1.82, 2.24) is 19.8 Å². The fourth-order valence-electron chi connectivity index (χ4n) is 8.09. The van der Waals surface area contributed by atoms with Gasteiger partial charge in [0, 0.05) is 85.3 Å². The molecule has 0 saturated carbocycles. The Hall–Kier alpha value is -4.06. The van der Waals surface area contributed by atoms with Gasteiger partial charge in [0.05, 0.1) is 47.7 Å². The summed E-state index contributed by atoms with van der Waals surface area (Å²) in [5, 5.41) is 22.2. The number of aliphatic hydroxyl groups is 1. The molecule has 6 rings (SSSR count). The first-order valence-corrected chi connectivity index (χ1v) is 26.7. The van der Waals surface area contributed by atoms with Crippen molar-refractivity contribution in [2.45, 2.75) is 103 Å². The number of aromatic nitrogens is 3. The Morgan fingerprint density at radius 2 is 1.73 bits per heavy atom.